The monoisotopic (exact) mass is 323 g/mol. The molecule has 0 N–H and O–H groups in total. The van der Waals surface area contributed by atoms with Crippen molar-refractivity contribution in [1.29, 1.82) is 0 Å². The van der Waals surface area contributed by atoms with Gasteiger partial charge in [-0.2, -0.15) is 4.98 Å². The number of fused-ring (bicyclic) bond motifs is 1. The van der Waals surface area contributed by atoms with Gasteiger partial charge in [-0.25, -0.2) is 4.98 Å². The van der Waals surface area contributed by atoms with Gasteiger partial charge in [0, 0.05) is 33.1 Å². The molecule has 0 radical (unpaired) electrons. The number of amides is 1. The Morgan fingerprint density at radius 3 is 2.73 bits per heavy atom. The van der Waals surface area contributed by atoms with E-state index in [1.807, 2.05) is 0 Å². The smallest absolute Gasteiger partial charge is 0.228 e. The summed E-state index contributed by atoms with van der Waals surface area (Å²) in [6.45, 7) is 4.88. The van der Waals surface area contributed by atoms with E-state index in [0.29, 0.717) is 13.0 Å². The number of piperidine rings is 1. The molecule has 0 aromatic carbocycles. The van der Waals surface area contributed by atoms with Gasteiger partial charge in [0.2, 0.25) is 11.2 Å². The lowest BCUT2D eigenvalue weighted by Gasteiger charge is -2.30. The van der Waals surface area contributed by atoms with E-state index in [0.717, 1.165) is 24.6 Å². The second-order valence-corrected chi connectivity index (χ2v) is 6.28. The fourth-order valence-electron chi connectivity index (χ4n) is 3.12. The van der Waals surface area contributed by atoms with Crippen molar-refractivity contribution in [2.75, 3.05) is 49.6 Å². The molecule has 1 aromatic heterocycles. The summed E-state index contributed by atoms with van der Waals surface area (Å²) in [6.07, 6.45) is 6.04. The third kappa shape index (κ3) is 3.33. The van der Waals surface area contributed by atoms with Crippen molar-refractivity contribution in [2.24, 2.45) is 0 Å². The van der Waals surface area contributed by atoms with Gasteiger partial charge >= 0.3 is 0 Å². The van der Waals surface area contributed by atoms with Crippen molar-refractivity contribution < 1.29 is 4.79 Å². The first-order chi connectivity index (χ1) is 10.6. The van der Waals surface area contributed by atoms with Crippen molar-refractivity contribution >= 4 is 29.0 Å². The second-order valence-electron chi connectivity index (χ2n) is 5.94. The van der Waals surface area contributed by atoms with E-state index in [2.05, 4.69) is 19.8 Å². The SMILES string of the molecule is CN1C(=O)CCN(CCN2CCCCC2)c2nc(Cl)ncc21. The van der Waals surface area contributed by atoms with Crippen LogP contribution in [0.4, 0.5) is 11.5 Å². The number of halogens is 1. The highest BCUT2D eigenvalue weighted by molar-refractivity contribution is 6.28. The molecule has 0 saturated carbocycles. The Kier molecular flexibility index (Phi) is 4.78. The second kappa shape index (κ2) is 6.79. The molecule has 1 amide bonds. The number of likely N-dealkylation sites (tertiary alicyclic amines) is 1. The van der Waals surface area contributed by atoms with Crippen LogP contribution < -0.4 is 9.80 Å². The molecule has 0 bridgehead atoms. The molecular formula is C15H22ClN5O. The van der Waals surface area contributed by atoms with Gasteiger partial charge in [0.25, 0.3) is 0 Å². The minimum atomic E-state index is 0.0904. The molecule has 0 atom stereocenters. The third-order valence-electron chi connectivity index (χ3n) is 4.49. The maximum absolute atomic E-state index is 12.1. The fourth-order valence-corrected chi connectivity index (χ4v) is 3.25. The van der Waals surface area contributed by atoms with E-state index in [-0.39, 0.29) is 11.2 Å². The number of anilines is 2. The number of nitrogens with zero attached hydrogens (tertiary/aromatic N) is 5. The van der Waals surface area contributed by atoms with E-state index in [1.54, 1.807) is 18.1 Å². The van der Waals surface area contributed by atoms with Crippen LogP contribution in [-0.4, -0.2) is 60.5 Å². The maximum atomic E-state index is 12.1. The molecule has 22 heavy (non-hydrogen) atoms. The first-order valence-electron chi connectivity index (χ1n) is 7.91. The Balaban J connectivity index is 1.77. The third-order valence-corrected chi connectivity index (χ3v) is 4.67. The molecule has 3 heterocycles. The van der Waals surface area contributed by atoms with Gasteiger partial charge in [0.05, 0.1) is 6.20 Å². The first-order valence-corrected chi connectivity index (χ1v) is 8.29. The molecule has 0 unspecified atom stereocenters. The summed E-state index contributed by atoms with van der Waals surface area (Å²) < 4.78 is 0. The van der Waals surface area contributed by atoms with Crippen LogP contribution in [0.5, 0.6) is 0 Å². The van der Waals surface area contributed by atoms with Crippen LogP contribution in [0.1, 0.15) is 25.7 Å². The Morgan fingerprint density at radius 1 is 1.18 bits per heavy atom. The van der Waals surface area contributed by atoms with Crippen LogP contribution in [-0.2, 0) is 4.79 Å². The maximum Gasteiger partial charge on any atom is 0.228 e. The largest absolute Gasteiger partial charge is 0.353 e. The van der Waals surface area contributed by atoms with Gasteiger partial charge in [0.1, 0.15) is 5.69 Å². The molecule has 2 aliphatic rings. The molecule has 1 aromatic rings. The minimum Gasteiger partial charge on any atom is -0.353 e. The Hall–Kier alpha value is -1.40. The highest BCUT2D eigenvalue weighted by Crippen LogP contribution is 2.30. The van der Waals surface area contributed by atoms with Crippen LogP contribution >= 0.6 is 11.6 Å². The van der Waals surface area contributed by atoms with Crippen molar-refractivity contribution in [1.82, 2.24) is 14.9 Å². The summed E-state index contributed by atoms with van der Waals surface area (Å²) in [6, 6.07) is 0. The molecule has 0 spiro atoms. The van der Waals surface area contributed by atoms with Crippen LogP contribution in [0.2, 0.25) is 5.28 Å². The molecule has 0 aliphatic carbocycles. The summed E-state index contributed by atoms with van der Waals surface area (Å²) in [4.78, 5) is 26.8. The Morgan fingerprint density at radius 2 is 1.95 bits per heavy atom. The van der Waals surface area contributed by atoms with E-state index in [9.17, 15) is 4.79 Å². The lowest BCUT2D eigenvalue weighted by Crippen LogP contribution is -2.38. The zero-order chi connectivity index (χ0) is 15.5. The highest BCUT2D eigenvalue weighted by atomic mass is 35.5. The van der Waals surface area contributed by atoms with Gasteiger partial charge in [-0.3, -0.25) is 4.79 Å². The van der Waals surface area contributed by atoms with Crippen LogP contribution in [0.3, 0.4) is 0 Å². The molecule has 2 aliphatic heterocycles. The molecule has 120 valence electrons. The highest BCUT2D eigenvalue weighted by Gasteiger charge is 2.26. The van der Waals surface area contributed by atoms with Crippen LogP contribution in [0, 0.1) is 0 Å². The number of carbonyl (C=O) groups excluding carboxylic acids is 1. The van der Waals surface area contributed by atoms with Crippen molar-refractivity contribution in [3.8, 4) is 0 Å². The first kappa shape index (κ1) is 15.5. The van der Waals surface area contributed by atoms with Crippen molar-refractivity contribution in [3.05, 3.63) is 11.5 Å². The lowest BCUT2D eigenvalue weighted by molar-refractivity contribution is -0.118. The molecule has 7 heteroatoms. The summed E-state index contributed by atoms with van der Waals surface area (Å²) in [5, 5.41) is 0.226. The quantitative estimate of drug-likeness (QED) is 0.794. The molecule has 3 rings (SSSR count). The predicted molar refractivity (Wildman–Crippen MR) is 87.6 cm³/mol. The van der Waals surface area contributed by atoms with Crippen LogP contribution in [0.25, 0.3) is 0 Å². The minimum absolute atomic E-state index is 0.0904. The number of hydrogen-bond donors (Lipinski definition) is 0. The van der Waals surface area contributed by atoms with Gasteiger partial charge in [0.15, 0.2) is 5.82 Å². The van der Waals surface area contributed by atoms with Crippen LogP contribution in [0.15, 0.2) is 6.20 Å². The molecular weight excluding hydrogens is 302 g/mol. The summed E-state index contributed by atoms with van der Waals surface area (Å²) in [5.74, 6) is 0.859. The molecule has 1 saturated heterocycles. The topological polar surface area (TPSA) is 52.6 Å². The number of rotatable bonds is 3. The van der Waals surface area contributed by atoms with E-state index >= 15 is 0 Å². The van der Waals surface area contributed by atoms with Gasteiger partial charge in [-0.1, -0.05) is 6.42 Å². The van der Waals surface area contributed by atoms with Crippen molar-refractivity contribution in [2.45, 2.75) is 25.7 Å². The number of hydrogen-bond acceptors (Lipinski definition) is 5. The fraction of sp³-hybridized carbons (Fsp3) is 0.667. The van der Waals surface area contributed by atoms with Gasteiger partial charge in [-0.05, 0) is 37.5 Å². The van der Waals surface area contributed by atoms with E-state index in [4.69, 9.17) is 11.6 Å². The number of aromatic nitrogens is 2. The zero-order valence-electron chi connectivity index (χ0n) is 13.0. The molecule has 6 nitrogen and oxygen atoms in total. The average molecular weight is 324 g/mol. The van der Waals surface area contributed by atoms with E-state index in [1.165, 1.54) is 32.4 Å². The van der Waals surface area contributed by atoms with Crippen molar-refractivity contribution in [3.63, 3.8) is 0 Å². The standard InChI is InChI=1S/C15H22ClN5O/c1-19-12-11-17-15(16)18-14(12)21(8-5-13(19)22)10-9-20-6-3-2-4-7-20/h11H,2-10H2,1H3. The zero-order valence-corrected chi connectivity index (χ0v) is 13.7. The predicted octanol–water partition coefficient (Wildman–Crippen LogP) is 1.79. The Bertz CT molecular complexity index is 547. The normalized spacial score (nSPS) is 20.0. The Labute approximate surface area is 136 Å². The summed E-state index contributed by atoms with van der Waals surface area (Å²) in [5.41, 5.74) is 0.741. The number of carbonyl (C=O) groups is 1. The lowest BCUT2D eigenvalue weighted by atomic mass is 10.1. The average Bonchev–Trinajstić information content (AvgIpc) is 2.65. The molecule has 1 fully saturated rings. The van der Waals surface area contributed by atoms with Gasteiger partial charge in [-0.15, -0.1) is 0 Å². The summed E-state index contributed by atoms with van der Waals surface area (Å²) >= 11 is 5.97. The van der Waals surface area contributed by atoms with Gasteiger partial charge < -0.3 is 14.7 Å². The van der Waals surface area contributed by atoms with E-state index < -0.39 is 0 Å². The summed E-state index contributed by atoms with van der Waals surface area (Å²) in [7, 11) is 1.77.